The van der Waals surface area contributed by atoms with Crippen LogP contribution in [0.2, 0.25) is 0 Å². The lowest BCUT2D eigenvalue weighted by molar-refractivity contribution is -0.165. The second-order valence-corrected chi connectivity index (χ2v) is 9.30. The van der Waals surface area contributed by atoms with E-state index in [-0.39, 0.29) is 36.2 Å². The normalized spacial score (nSPS) is 31.2. The van der Waals surface area contributed by atoms with Crippen molar-refractivity contribution >= 4 is 6.09 Å². The summed E-state index contributed by atoms with van der Waals surface area (Å²) in [5.74, 6) is 2.36. The summed E-state index contributed by atoms with van der Waals surface area (Å²) in [4.78, 5) is 12.3. The molecule has 1 aromatic carbocycles. The van der Waals surface area contributed by atoms with Gasteiger partial charge in [0, 0.05) is 17.9 Å². The molecule has 1 amide bonds. The molecule has 0 aromatic heterocycles. The molecule has 0 unspecified atom stereocenters. The zero-order valence-corrected chi connectivity index (χ0v) is 19.1. The first kappa shape index (κ1) is 22.0. The molecule has 4 rings (SSSR count). The molecule has 31 heavy (non-hydrogen) atoms. The molecular formula is C25H35NO5. The number of unbranched alkanes of at least 4 members (excludes halogenated alkanes) is 2. The van der Waals surface area contributed by atoms with Crippen LogP contribution in [0, 0.1) is 23.2 Å². The first-order chi connectivity index (χ1) is 15.0. The third-order valence-electron chi connectivity index (χ3n) is 7.50. The lowest BCUT2D eigenvalue weighted by atomic mass is 9.56. The molecule has 3 aliphatic rings. The van der Waals surface area contributed by atoms with Crippen molar-refractivity contribution < 1.29 is 23.7 Å². The average molecular weight is 430 g/mol. The van der Waals surface area contributed by atoms with E-state index in [1.54, 1.807) is 0 Å². The first-order valence-corrected chi connectivity index (χ1v) is 11.6. The number of nitrogens with one attached hydrogen (secondary N) is 1. The van der Waals surface area contributed by atoms with Gasteiger partial charge < -0.3 is 24.3 Å². The van der Waals surface area contributed by atoms with Crippen LogP contribution in [0.25, 0.3) is 0 Å². The van der Waals surface area contributed by atoms with E-state index in [0.29, 0.717) is 25.7 Å². The number of allylic oxidation sites excluding steroid dienone is 1. The number of amides is 1. The van der Waals surface area contributed by atoms with E-state index in [1.807, 2.05) is 12.1 Å². The molecule has 6 heteroatoms. The molecular weight excluding hydrogens is 394 g/mol. The van der Waals surface area contributed by atoms with Gasteiger partial charge in [0.15, 0.2) is 11.5 Å². The third kappa shape index (κ3) is 4.14. The zero-order chi connectivity index (χ0) is 22.0. The van der Waals surface area contributed by atoms with Gasteiger partial charge in [0.1, 0.15) is 6.61 Å². The van der Waals surface area contributed by atoms with Crippen LogP contribution < -0.4 is 14.8 Å². The maximum Gasteiger partial charge on any atom is 0.407 e. The first-order valence-electron chi connectivity index (χ1n) is 11.6. The summed E-state index contributed by atoms with van der Waals surface area (Å²) in [6, 6.07) is 6.08. The Morgan fingerprint density at radius 1 is 1.23 bits per heavy atom. The van der Waals surface area contributed by atoms with Crippen molar-refractivity contribution in [3.8, 4) is 11.5 Å². The minimum atomic E-state index is -0.328. The van der Waals surface area contributed by atoms with Crippen molar-refractivity contribution in [3.05, 3.63) is 35.4 Å². The van der Waals surface area contributed by atoms with Crippen molar-refractivity contribution in [1.82, 2.24) is 5.32 Å². The number of hydrogen-bond acceptors (Lipinski definition) is 5. The lowest BCUT2D eigenvalue weighted by Crippen LogP contribution is -2.54. The number of hydrogen-bond donors (Lipinski definition) is 1. The predicted octanol–water partition coefficient (Wildman–Crippen LogP) is 5.24. The van der Waals surface area contributed by atoms with Crippen molar-refractivity contribution in [3.63, 3.8) is 0 Å². The molecule has 0 radical (unpaired) electrons. The predicted molar refractivity (Wildman–Crippen MR) is 118 cm³/mol. The Bertz CT molecular complexity index is 837. The van der Waals surface area contributed by atoms with E-state index in [4.69, 9.17) is 18.9 Å². The molecule has 2 aliphatic heterocycles. The van der Waals surface area contributed by atoms with E-state index in [9.17, 15) is 4.79 Å². The third-order valence-corrected chi connectivity index (χ3v) is 7.50. The van der Waals surface area contributed by atoms with Crippen LogP contribution in [0.5, 0.6) is 11.5 Å². The highest BCUT2D eigenvalue weighted by Gasteiger charge is 2.54. The standard InChI is InChI=1S/C25H35NO5/c1-5-6-7-10-26-24(27)29-14-25-13-28-23(22(18(25)4)16(2)11-17(25)3)19-8-9-20-21(12-19)31-15-30-20/h8-9,11-12,17-18,22-23H,5-7,10,13-15H2,1-4H3,(H,26,27)/t17-,18+,22-,23+,25-/m0/s1. The van der Waals surface area contributed by atoms with Gasteiger partial charge in [0.25, 0.3) is 0 Å². The Labute approximate surface area is 185 Å². The summed E-state index contributed by atoms with van der Waals surface area (Å²) in [6.45, 7) is 10.7. The van der Waals surface area contributed by atoms with Crippen molar-refractivity contribution in [2.45, 2.75) is 53.1 Å². The molecule has 170 valence electrons. The summed E-state index contributed by atoms with van der Waals surface area (Å²) in [6.07, 6.45) is 5.18. The molecule has 0 spiro atoms. The quantitative estimate of drug-likeness (QED) is 0.474. The number of ether oxygens (including phenoxy) is 4. The van der Waals surface area contributed by atoms with Gasteiger partial charge in [-0.25, -0.2) is 4.79 Å². The zero-order valence-electron chi connectivity index (χ0n) is 19.1. The molecule has 1 aliphatic carbocycles. The van der Waals surface area contributed by atoms with E-state index in [0.717, 1.165) is 36.3 Å². The largest absolute Gasteiger partial charge is 0.454 e. The fraction of sp³-hybridized carbons (Fsp3) is 0.640. The van der Waals surface area contributed by atoms with Gasteiger partial charge in [-0.05, 0) is 42.9 Å². The van der Waals surface area contributed by atoms with Gasteiger partial charge >= 0.3 is 6.09 Å². The summed E-state index contributed by atoms with van der Waals surface area (Å²) in [5, 5.41) is 2.88. The minimum Gasteiger partial charge on any atom is -0.454 e. The van der Waals surface area contributed by atoms with Crippen molar-refractivity contribution in [2.24, 2.45) is 23.2 Å². The Balaban J connectivity index is 1.48. The second-order valence-electron chi connectivity index (χ2n) is 9.30. The van der Waals surface area contributed by atoms with Crippen molar-refractivity contribution in [1.29, 1.82) is 0 Å². The highest BCUT2D eigenvalue weighted by Crippen LogP contribution is 2.56. The number of fused-ring (bicyclic) bond motifs is 3. The number of alkyl carbamates (subject to hydrolysis) is 1. The molecule has 6 nitrogen and oxygen atoms in total. The highest BCUT2D eigenvalue weighted by molar-refractivity contribution is 5.67. The highest BCUT2D eigenvalue weighted by atomic mass is 16.7. The number of carbonyl (C=O) groups excluding carboxylic acids is 1. The lowest BCUT2D eigenvalue weighted by Gasteiger charge is -2.55. The SMILES string of the molecule is CCCCCNC(=O)OC[C@@]12CO[C@H](c3ccc4c(c3)OCO4)[C@@H](C(C)=C[C@@H]1C)[C@H]2C. The minimum absolute atomic E-state index is 0.0516. The van der Waals surface area contributed by atoms with Crippen molar-refractivity contribution in [2.75, 3.05) is 26.6 Å². The van der Waals surface area contributed by atoms with E-state index in [1.165, 1.54) is 5.57 Å². The van der Waals surface area contributed by atoms with Crippen LogP contribution in [0.3, 0.4) is 0 Å². The van der Waals surface area contributed by atoms with E-state index in [2.05, 4.69) is 45.2 Å². The molecule has 2 bridgehead atoms. The van der Waals surface area contributed by atoms with E-state index < -0.39 is 0 Å². The smallest absolute Gasteiger partial charge is 0.407 e. The molecule has 1 fully saturated rings. The summed E-state index contributed by atoms with van der Waals surface area (Å²) >= 11 is 0. The molecule has 1 N–H and O–H groups in total. The Kier molecular flexibility index (Phi) is 6.47. The molecule has 1 saturated heterocycles. The topological polar surface area (TPSA) is 66.0 Å². The van der Waals surface area contributed by atoms with Crippen LogP contribution in [0.1, 0.15) is 58.6 Å². The number of carbonyl (C=O) groups is 1. The fourth-order valence-corrected chi connectivity index (χ4v) is 5.47. The molecule has 0 saturated carbocycles. The van der Waals surface area contributed by atoms with Crippen LogP contribution in [0.4, 0.5) is 4.79 Å². The van der Waals surface area contributed by atoms with Gasteiger partial charge in [0.05, 0.1) is 12.7 Å². The van der Waals surface area contributed by atoms with Crippen LogP contribution in [0.15, 0.2) is 29.8 Å². The van der Waals surface area contributed by atoms with Gasteiger partial charge in [-0.2, -0.15) is 0 Å². The number of benzene rings is 1. The molecule has 2 heterocycles. The van der Waals surface area contributed by atoms with Gasteiger partial charge in [0.2, 0.25) is 6.79 Å². The van der Waals surface area contributed by atoms with Crippen LogP contribution >= 0.6 is 0 Å². The van der Waals surface area contributed by atoms with Crippen LogP contribution in [-0.4, -0.2) is 32.6 Å². The summed E-state index contributed by atoms with van der Waals surface area (Å²) < 4.78 is 23.3. The summed E-state index contributed by atoms with van der Waals surface area (Å²) in [5.41, 5.74) is 2.21. The molecule has 1 aromatic rings. The maximum absolute atomic E-state index is 12.3. The van der Waals surface area contributed by atoms with Gasteiger partial charge in [-0.15, -0.1) is 0 Å². The van der Waals surface area contributed by atoms with Gasteiger partial charge in [-0.1, -0.05) is 51.3 Å². The maximum atomic E-state index is 12.3. The Hall–Kier alpha value is -2.21. The fourth-order valence-electron chi connectivity index (χ4n) is 5.47. The summed E-state index contributed by atoms with van der Waals surface area (Å²) in [7, 11) is 0. The van der Waals surface area contributed by atoms with Gasteiger partial charge in [-0.3, -0.25) is 0 Å². The monoisotopic (exact) mass is 429 g/mol. The Morgan fingerprint density at radius 2 is 2.03 bits per heavy atom. The second kappa shape index (κ2) is 9.11. The number of rotatable bonds is 7. The molecule has 5 atom stereocenters. The van der Waals surface area contributed by atoms with Crippen LogP contribution in [-0.2, 0) is 9.47 Å². The average Bonchev–Trinajstić information content (AvgIpc) is 3.22. The van der Waals surface area contributed by atoms with E-state index >= 15 is 0 Å². The Morgan fingerprint density at radius 3 is 2.84 bits per heavy atom.